The number of rotatable bonds is 23. The predicted octanol–water partition coefficient (Wildman–Crippen LogP) is 5.29. The van der Waals surface area contributed by atoms with Crippen LogP contribution in [0.3, 0.4) is 0 Å². The van der Waals surface area contributed by atoms with E-state index in [2.05, 4.69) is 73.3 Å². The molecule has 0 unspecified atom stereocenters. The topological polar surface area (TPSA) is 135 Å². The molecular formula is C38H56Br2N8O6S2. The molecule has 2 saturated heterocycles. The average molecular weight is 945 g/mol. The lowest BCUT2D eigenvalue weighted by molar-refractivity contribution is 0.0375. The van der Waals surface area contributed by atoms with Gasteiger partial charge in [0, 0.05) is 39.3 Å². The zero-order valence-electron chi connectivity index (χ0n) is 32.4. The zero-order valence-corrected chi connectivity index (χ0v) is 37.2. The molecule has 0 aliphatic carbocycles. The molecule has 2 heterocycles. The van der Waals surface area contributed by atoms with Crippen LogP contribution in [-0.4, -0.2) is 139 Å². The molecule has 0 atom stereocenters. The Hall–Kier alpha value is -2.84. The number of benzene rings is 2. The Labute approximate surface area is 359 Å². The lowest BCUT2D eigenvalue weighted by Crippen LogP contribution is -2.39. The predicted molar refractivity (Wildman–Crippen MR) is 237 cm³/mol. The Morgan fingerprint density at radius 1 is 0.661 bits per heavy atom. The summed E-state index contributed by atoms with van der Waals surface area (Å²) in [6, 6.07) is 7.64. The van der Waals surface area contributed by atoms with Gasteiger partial charge in [-0.15, -0.1) is 0 Å². The molecule has 4 N–H and O–H groups in total. The van der Waals surface area contributed by atoms with Gasteiger partial charge >= 0.3 is 0 Å². The molecule has 2 aliphatic heterocycles. The Morgan fingerprint density at radius 3 is 1.46 bits per heavy atom. The second kappa shape index (κ2) is 27.0. The fourth-order valence-corrected chi connectivity index (χ4v) is 7.34. The maximum atomic E-state index is 6.11. The van der Waals surface area contributed by atoms with E-state index in [-0.39, 0.29) is 0 Å². The van der Waals surface area contributed by atoms with Crippen LogP contribution in [0.2, 0.25) is 0 Å². The molecule has 2 fully saturated rings. The van der Waals surface area contributed by atoms with Crippen LogP contribution < -0.4 is 40.4 Å². The summed E-state index contributed by atoms with van der Waals surface area (Å²) in [5, 5.41) is 15.9. The van der Waals surface area contributed by atoms with E-state index in [1.807, 2.05) is 24.3 Å². The van der Waals surface area contributed by atoms with Crippen LogP contribution in [0.15, 0.2) is 43.4 Å². The van der Waals surface area contributed by atoms with Crippen molar-refractivity contribution in [2.45, 2.75) is 38.5 Å². The molecule has 0 radical (unpaired) electrons. The van der Waals surface area contributed by atoms with E-state index in [1.54, 1.807) is 26.6 Å². The third-order valence-electron chi connectivity index (χ3n) is 8.88. The molecule has 56 heavy (non-hydrogen) atoms. The van der Waals surface area contributed by atoms with Crippen molar-refractivity contribution < 1.29 is 28.4 Å². The summed E-state index contributed by atoms with van der Waals surface area (Å²) in [6.07, 6.45) is 9.15. The molecule has 2 aromatic carbocycles. The minimum absolute atomic E-state index is 0.484. The molecule has 0 bridgehead atoms. The van der Waals surface area contributed by atoms with Gasteiger partial charge in [0.25, 0.3) is 0 Å². The number of hydrazone groups is 2. The standard InChI is InChI=1S/C38H56Br2N8O6S2/c1-49-33-25-29(27-43-45-37(55)41-9-7-11-47-13-19-51-20-14-47)23-31(39)35(33)53-17-5-3-4-6-18-54-36-32(40)24-30(26-34(36)50-2)28-44-46-38(56)42-10-8-12-48-15-21-52-22-16-48/h23-28H,3-22H2,1-2H3,(H2,41,45,55)(H2,42,46,56). The highest BCUT2D eigenvalue weighted by Crippen LogP contribution is 2.37. The molecule has 0 amide bonds. The van der Waals surface area contributed by atoms with Gasteiger partial charge in [-0.3, -0.25) is 20.7 Å². The van der Waals surface area contributed by atoms with E-state index in [4.69, 9.17) is 52.9 Å². The van der Waals surface area contributed by atoms with E-state index in [0.717, 1.165) is 137 Å². The summed E-state index contributed by atoms with van der Waals surface area (Å²) in [5.41, 5.74) is 7.44. The second-order valence-electron chi connectivity index (χ2n) is 13.0. The van der Waals surface area contributed by atoms with Gasteiger partial charge in [-0.1, -0.05) is 0 Å². The number of morpholine rings is 2. The van der Waals surface area contributed by atoms with E-state index >= 15 is 0 Å². The number of thiocarbonyl (C=S) groups is 2. The summed E-state index contributed by atoms with van der Waals surface area (Å²) in [4.78, 5) is 4.80. The van der Waals surface area contributed by atoms with Gasteiger partial charge in [-0.05, 0) is 143 Å². The second-order valence-corrected chi connectivity index (χ2v) is 15.6. The monoisotopic (exact) mass is 942 g/mol. The first-order valence-corrected chi connectivity index (χ1v) is 21.5. The van der Waals surface area contributed by atoms with Crippen LogP contribution in [0.1, 0.15) is 49.7 Å². The van der Waals surface area contributed by atoms with Gasteiger partial charge in [0.2, 0.25) is 0 Å². The number of ether oxygens (including phenoxy) is 6. The number of methoxy groups -OCH3 is 2. The largest absolute Gasteiger partial charge is 0.493 e. The SMILES string of the molecule is COc1cc(C=NNC(=S)NCCCN2CCOCC2)cc(Br)c1OCCCCCCOc1c(Br)cc(C=NNC(=S)NCCCN2CCOCC2)cc1OC. The van der Waals surface area contributed by atoms with Gasteiger partial charge in [0.1, 0.15) is 0 Å². The number of hydrogen-bond donors (Lipinski definition) is 4. The fraction of sp³-hybridized carbons (Fsp3) is 0.579. The minimum Gasteiger partial charge on any atom is -0.493 e. The highest BCUT2D eigenvalue weighted by atomic mass is 79.9. The maximum absolute atomic E-state index is 6.11. The van der Waals surface area contributed by atoms with Crippen LogP contribution in [0, 0.1) is 0 Å². The molecule has 4 rings (SSSR count). The first-order valence-electron chi connectivity index (χ1n) is 19.1. The van der Waals surface area contributed by atoms with E-state index in [0.29, 0.717) is 46.4 Å². The van der Waals surface area contributed by atoms with E-state index in [1.165, 1.54) is 0 Å². The maximum Gasteiger partial charge on any atom is 0.186 e. The Kier molecular flexibility index (Phi) is 22.1. The number of unbranched alkanes of at least 4 members (excludes halogenated alkanes) is 3. The molecule has 2 aliphatic rings. The van der Waals surface area contributed by atoms with Crippen molar-refractivity contribution in [3.05, 3.63) is 44.3 Å². The van der Waals surface area contributed by atoms with Crippen molar-refractivity contribution in [1.29, 1.82) is 0 Å². The summed E-state index contributed by atoms with van der Waals surface area (Å²) in [5.74, 6) is 2.57. The molecule has 0 spiro atoms. The van der Waals surface area contributed by atoms with Crippen molar-refractivity contribution in [3.8, 4) is 23.0 Å². The lowest BCUT2D eigenvalue weighted by Gasteiger charge is -2.26. The first-order chi connectivity index (χ1) is 27.4. The van der Waals surface area contributed by atoms with Gasteiger partial charge in [0.15, 0.2) is 33.2 Å². The molecule has 310 valence electrons. The third-order valence-corrected chi connectivity index (χ3v) is 10.5. The van der Waals surface area contributed by atoms with Crippen molar-refractivity contribution in [3.63, 3.8) is 0 Å². The molecule has 2 aromatic rings. The molecule has 0 aromatic heterocycles. The average Bonchev–Trinajstić information content (AvgIpc) is 3.20. The van der Waals surface area contributed by atoms with Gasteiger partial charge in [-0.2, -0.15) is 10.2 Å². The number of hydrogen-bond acceptors (Lipinski definition) is 12. The quantitative estimate of drug-likeness (QED) is 0.0498. The Morgan fingerprint density at radius 2 is 1.07 bits per heavy atom. The smallest absolute Gasteiger partial charge is 0.186 e. The van der Waals surface area contributed by atoms with Crippen LogP contribution in [0.4, 0.5) is 0 Å². The molecule has 14 nitrogen and oxygen atoms in total. The zero-order chi connectivity index (χ0) is 39.8. The Bertz CT molecular complexity index is 1450. The van der Waals surface area contributed by atoms with Gasteiger partial charge in [0.05, 0.1) is 75.2 Å². The van der Waals surface area contributed by atoms with Crippen molar-refractivity contribution in [2.75, 3.05) is 106 Å². The summed E-state index contributed by atoms with van der Waals surface area (Å²) in [7, 11) is 3.25. The number of halogens is 2. The van der Waals surface area contributed by atoms with Crippen LogP contribution in [0.5, 0.6) is 23.0 Å². The van der Waals surface area contributed by atoms with Crippen molar-refractivity contribution in [1.82, 2.24) is 31.3 Å². The summed E-state index contributed by atoms with van der Waals surface area (Å²) in [6.45, 7) is 11.9. The Balaban J connectivity index is 1.08. The highest BCUT2D eigenvalue weighted by Gasteiger charge is 2.14. The van der Waals surface area contributed by atoms with Gasteiger partial charge in [-0.25, -0.2) is 0 Å². The lowest BCUT2D eigenvalue weighted by atomic mass is 10.2. The normalized spacial score (nSPS) is 15.1. The first kappa shape index (κ1) is 45.9. The van der Waals surface area contributed by atoms with Gasteiger partial charge < -0.3 is 39.1 Å². The summed E-state index contributed by atoms with van der Waals surface area (Å²) < 4.78 is 35.8. The fourth-order valence-electron chi connectivity index (χ4n) is 5.88. The van der Waals surface area contributed by atoms with Crippen LogP contribution in [-0.2, 0) is 9.47 Å². The van der Waals surface area contributed by atoms with Crippen LogP contribution >= 0.6 is 56.3 Å². The van der Waals surface area contributed by atoms with Crippen molar-refractivity contribution in [2.24, 2.45) is 10.2 Å². The van der Waals surface area contributed by atoms with E-state index in [9.17, 15) is 0 Å². The molecule has 18 heteroatoms. The number of nitrogens with one attached hydrogen (secondary N) is 4. The van der Waals surface area contributed by atoms with Crippen molar-refractivity contribution >= 4 is 78.9 Å². The minimum atomic E-state index is 0.484. The highest BCUT2D eigenvalue weighted by molar-refractivity contribution is 9.11. The van der Waals surface area contributed by atoms with Crippen LogP contribution in [0.25, 0.3) is 0 Å². The number of nitrogens with zero attached hydrogens (tertiary/aromatic N) is 4. The molecule has 0 saturated carbocycles. The summed E-state index contributed by atoms with van der Waals surface area (Å²) >= 11 is 18.0. The molecular weight excluding hydrogens is 888 g/mol. The third kappa shape index (κ3) is 17.3. The van der Waals surface area contributed by atoms with E-state index < -0.39 is 0 Å².